The van der Waals surface area contributed by atoms with Gasteiger partial charge < -0.3 is 9.90 Å². The van der Waals surface area contributed by atoms with Gasteiger partial charge in [0.25, 0.3) is 0 Å². The Kier molecular flexibility index (Phi) is 3.17. The summed E-state index contributed by atoms with van der Waals surface area (Å²) in [6.45, 7) is 1.61. The van der Waals surface area contributed by atoms with Crippen molar-refractivity contribution in [3.8, 4) is 5.75 Å². The number of carbonyl (C=O) groups is 1. The Bertz CT molecular complexity index is 350. The maximum absolute atomic E-state index is 12.9. The van der Waals surface area contributed by atoms with Crippen LogP contribution in [0, 0.1) is 11.6 Å². The summed E-state index contributed by atoms with van der Waals surface area (Å²) in [6.07, 6.45) is 0.767. The van der Waals surface area contributed by atoms with Gasteiger partial charge in [0.05, 0.1) is 0 Å². The first-order valence-electron chi connectivity index (χ1n) is 4.17. The second kappa shape index (κ2) is 4.17. The highest BCUT2D eigenvalue weighted by Gasteiger charge is 2.15. The molecule has 0 aliphatic heterocycles. The minimum atomic E-state index is -1.00. The number of benzene rings is 1. The highest BCUT2D eigenvalue weighted by Crippen LogP contribution is 2.30. The van der Waals surface area contributed by atoms with E-state index in [9.17, 15) is 18.7 Å². The predicted octanol–water partition coefficient (Wildman–Crippen LogP) is 2.36. The minimum Gasteiger partial charge on any atom is -0.505 e. The van der Waals surface area contributed by atoms with E-state index < -0.39 is 23.3 Å². The molecule has 14 heavy (non-hydrogen) atoms. The van der Waals surface area contributed by atoms with Crippen molar-refractivity contribution >= 4 is 6.29 Å². The number of phenolic OH excluding ortho intramolecular Hbond substituents is 1. The molecule has 0 aliphatic carbocycles. The average Bonchev–Trinajstić information content (AvgIpc) is 2.11. The molecule has 0 aliphatic rings. The quantitative estimate of drug-likeness (QED) is 0.760. The van der Waals surface area contributed by atoms with Gasteiger partial charge in [-0.3, -0.25) is 0 Å². The predicted molar refractivity (Wildman–Crippen MR) is 47.1 cm³/mol. The second-order valence-electron chi connectivity index (χ2n) is 3.13. The Morgan fingerprint density at radius 2 is 2.14 bits per heavy atom. The molecule has 0 amide bonds. The van der Waals surface area contributed by atoms with Crippen molar-refractivity contribution in [1.29, 1.82) is 0 Å². The van der Waals surface area contributed by atoms with Crippen LogP contribution in [0.4, 0.5) is 8.78 Å². The molecule has 1 aromatic rings. The van der Waals surface area contributed by atoms with Crippen molar-refractivity contribution in [1.82, 2.24) is 0 Å². The van der Waals surface area contributed by atoms with Gasteiger partial charge in [-0.2, -0.15) is 0 Å². The molecule has 1 N–H and O–H groups in total. The lowest BCUT2D eigenvalue weighted by Crippen LogP contribution is -1.97. The van der Waals surface area contributed by atoms with Gasteiger partial charge in [0.2, 0.25) is 0 Å². The van der Waals surface area contributed by atoms with E-state index in [4.69, 9.17) is 0 Å². The van der Waals surface area contributed by atoms with Crippen molar-refractivity contribution in [2.45, 2.75) is 19.3 Å². The second-order valence-corrected chi connectivity index (χ2v) is 3.13. The Morgan fingerprint density at radius 1 is 1.50 bits per heavy atom. The first kappa shape index (κ1) is 10.6. The highest BCUT2D eigenvalue weighted by molar-refractivity contribution is 5.52. The van der Waals surface area contributed by atoms with Crippen LogP contribution in [0.2, 0.25) is 0 Å². The number of phenols is 1. The van der Waals surface area contributed by atoms with Crippen molar-refractivity contribution < 1.29 is 18.7 Å². The molecule has 2 nitrogen and oxygen atoms in total. The van der Waals surface area contributed by atoms with E-state index in [0.29, 0.717) is 12.4 Å². The van der Waals surface area contributed by atoms with Crippen molar-refractivity contribution in [3.63, 3.8) is 0 Å². The molecule has 0 saturated carbocycles. The standard InChI is InChI=1S/C10H10F2O2/c1-6(2-3-13)8-4-7(11)5-9(12)10(8)14/h3-6,14H,2H2,1H3. The summed E-state index contributed by atoms with van der Waals surface area (Å²) in [4.78, 5) is 10.2. The van der Waals surface area contributed by atoms with E-state index >= 15 is 0 Å². The van der Waals surface area contributed by atoms with Crippen LogP contribution in [-0.4, -0.2) is 11.4 Å². The lowest BCUT2D eigenvalue weighted by atomic mass is 9.97. The van der Waals surface area contributed by atoms with Gasteiger partial charge in [0, 0.05) is 18.1 Å². The Balaban J connectivity index is 3.12. The molecule has 1 unspecified atom stereocenters. The van der Waals surface area contributed by atoms with E-state index in [1.165, 1.54) is 0 Å². The summed E-state index contributed by atoms with van der Waals surface area (Å²) in [7, 11) is 0. The van der Waals surface area contributed by atoms with Crippen LogP contribution < -0.4 is 0 Å². The van der Waals surface area contributed by atoms with Gasteiger partial charge >= 0.3 is 0 Å². The van der Waals surface area contributed by atoms with E-state index in [1.807, 2.05) is 0 Å². The van der Waals surface area contributed by atoms with Crippen LogP contribution in [0.25, 0.3) is 0 Å². The maximum atomic E-state index is 12.9. The molecule has 0 bridgehead atoms. The van der Waals surface area contributed by atoms with Crippen LogP contribution in [0.15, 0.2) is 12.1 Å². The number of aldehydes is 1. The summed E-state index contributed by atoms with van der Waals surface area (Å²) in [6, 6.07) is 1.64. The average molecular weight is 200 g/mol. The number of rotatable bonds is 3. The summed E-state index contributed by atoms with van der Waals surface area (Å²) < 4.78 is 25.6. The summed E-state index contributed by atoms with van der Waals surface area (Å²) in [5, 5.41) is 9.26. The molecule has 0 saturated heterocycles. The zero-order valence-electron chi connectivity index (χ0n) is 7.63. The number of hydrogen-bond donors (Lipinski definition) is 1. The molecule has 1 aromatic carbocycles. The molecule has 0 fully saturated rings. The summed E-state index contributed by atoms with van der Waals surface area (Å²) >= 11 is 0. The fourth-order valence-electron chi connectivity index (χ4n) is 1.23. The van der Waals surface area contributed by atoms with E-state index in [2.05, 4.69) is 0 Å². The molecule has 76 valence electrons. The SMILES string of the molecule is CC(CC=O)c1cc(F)cc(F)c1O. The number of carbonyl (C=O) groups excluding carboxylic acids is 1. The summed E-state index contributed by atoms with van der Waals surface area (Å²) in [5.41, 5.74) is 0.120. The van der Waals surface area contributed by atoms with Crippen LogP contribution in [-0.2, 0) is 4.79 Å². The fraction of sp³-hybridized carbons (Fsp3) is 0.300. The third kappa shape index (κ3) is 2.07. The molecule has 4 heteroatoms. The zero-order valence-corrected chi connectivity index (χ0v) is 7.63. The zero-order chi connectivity index (χ0) is 10.7. The Hall–Kier alpha value is -1.45. The van der Waals surface area contributed by atoms with Gasteiger partial charge in [-0.15, -0.1) is 0 Å². The molecule has 1 atom stereocenters. The minimum absolute atomic E-state index is 0.120. The third-order valence-electron chi connectivity index (χ3n) is 2.04. The maximum Gasteiger partial charge on any atom is 0.168 e. The molecule has 0 aromatic heterocycles. The topological polar surface area (TPSA) is 37.3 Å². The highest BCUT2D eigenvalue weighted by atomic mass is 19.1. The van der Waals surface area contributed by atoms with Crippen molar-refractivity contribution in [2.75, 3.05) is 0 Å². The van der Waals surface area contributed by atoms with Crippen LogP contribution in [0.1, 0.15) is 24.8 Å². The smallest absolute Gasteiger partial charge is 0.168 e. The van der Waals surface area contributed by atoms with Gasteiger partial charge in [0.1, 0.15) is 12.1 Å². The summed E-state index contributed by atoms with van der Waals surface area (Å²) in [5.74, 6) is -2.73. The van der Waals surface area contributed by atoms with E-state index in [-0.39, 0.29) is 12.0 Å². The van der Waals surface area contributed by atoms with Crippen LogP contribution in [0.5, 0.6) is 5.75 Å². The van der Waals surface area contributed by atoms with Gasteiger partial charge in [-0.25, -0.2) is 8.78 Å². The molecule has 0 radical (unpaired) electrons. The monoisotopic (exact) mass is 200 g/mol. The largest absolute Gasteiger partial charge is 0.505 e. The first-order valence-corrected chi connectivity index (χ1v) is 4.17. The number of halogens is 2. The van der Waals surface area contributed by atoms with Crippen molar-refractivity contribution in [2.24, 2.45) is 0 Å². The van der Waals surface area contributed by atoms with E-state index in [0.717, 1.165) is 6.07 Å². The van der Waals surface area contributed by atoms with Crippen LogP contribution >= 0.6 is 0 Å². The number of aromatic hydroxyl groups is 1. The molecule has 1 rings (SSSR count). The van der Waals surface area contributed by atoms with Gasteiger partial charge in [0.15, 0.2) is 11.6 Å². The van der Waals surface area contributed by atoms with E-state index in [1.54, 1.807) is 6.92 Å². The Labute approximate surface area is 80.2 Å². The van der Waals surface area contributed by atoms with Gasteiger partial charge in [-0.1, -0.05) is 6.92 Å². The van der Waals surface area contributed by atoms with Crippen LogP contribution in [0.3, 0.4) is 0 Å². The van der Waals surface area contributed by atoms with Crippen molar-refractivity contribution in [3.05, 3.63) is 29.3 Å². The molecule has 0 spiro atoms. The molecule has 0 heterocycles. The fourth-order valence-corrected chi connectivity index (χ4v) is 1.23. The van der Waals surface area contributed by atoms with Gasteiger partial charge in [-0.05, 0) is 12.0 Å². The first-order chi connectivity index (χ1) is 6.56. The molecular formula is C10H10F2O2. The third-order valence-corrected chi connectivity index (χ3v) is 2.04. The lowest BCUT2D eigenvalue weighted by Gasteiger charge is -2.10. The number of hydrogen-bond acceptors (Lipinski definition) is 2. The lowest BCUT2D eigenvalue weighted by molar-refractivity contribution is -0.108. The normalized spacial score (nSPS) is 12.5. The Morgan fingerprint density at radius 3 is 2.71 bits per heavy atom. The molecular weight excluding hydrogens is 190 g/mol.